The van der Waals surface area contributed by atoms with Crippen molar-refractivity contribution in [1.29, 1.82) is 0 Å². The van der Waals surface area contributed by atoms with Crippen LogP contribution in [0.2, 0.25) is 0 Å². The second kappa shape index (κ2) is 8.42. The summed E-state index contributed by atoms with van der Waals surface area (Å²) in [5, 5.41) is 2.86. The average molecular weight is 416 g/mol. The van der Waals surface area contributed by atoms with Crippen LogP contribution in [0.1, 0.15) is 30.4 Å². The van der Waals surface area contributed by atoms with E-state index >= 15 is 0 Å². The molecule has 29 heavy (non-hydrogen) atoms. The van der Waals surface area contributed by atoms with E-state index in [9.17, 15) is 13.2 Å². The Bertz CT molecular complexity index is 1000. The van der Waals surface area contributed by atoms with Crippen LogP contribution in [0, 0.1) is 0 Å². The zero-order valence-corrected chi connectivity index (χ0v) is 16.9. The number of fused-ring (bicyclic) bond motifs is 1. The smallest absolute Gasteiger partial charge is 0.231 e. The van der Waals surface area contributed by atoms with E-state index in [2.05, 4.69) is 5.32 Å². The molecule has 1 N–H and O–H groups in total. The van der Waals surface area contributed by atoms with Gasteiger partial charge in [-0.3, -0.25) is 4.79 Å². The molecule has 0 aromatic heterocycles. The fraction of sp³-hybridized carbons (Fsp3) is 0.381. The van der Waals surface area contributed by atoms with E-state index in [0.717, 1.165) is 24.2 Å². The molecule has 0 atom stereocenters. The van der Waals surface area contributed by atoms with Crippen LogP contribution in [0.15, 0.2) is 42.5 Å². The van der Waals surface area contributed by atoms with Gasteiger partial charge in [-0.15, -0.1) is 0 Å². The summed E-state index contributed by atoms with van der Waals surface area (Å²) < 4.78 is 37.2. The first-order valence-electron chi connectivity index (χ1n) is 9.75. The number of aryl methyl sites for hydroxylation is 1. The highest BCUT2D eigenvalue weighted by atomic mass is 32.2. The largest absolute Gasteiger partial charge is 0.454 e. The average Bonchev–Trinajstić information content (AvgIpc) is 3.38. The Kier molecular flexibility index (Phi) is 5.73. The highest BCUT2D eigenvalue weighted by molar-refractivity contribution is 7.88. The Hall–Kier alpha value is -2.58. The van der Waals surface area contributed by atoms with E-state index in [-0.39, 0.29) is 18.5 Å². The van der Waals surface area contributed by atoms with Gasteiger partial charge >= 0.3 is 0 Å². The molecule has 2 aliphatic rings. The minimum absolute atomic E-state index is 0.0477. The Morgan fingerprint density at radius 3 is 2.62 bits per heavy atom. The molecule has 1 fully saturated rings. The van der Waals surface area contributed by atoms with Gasteiger partial charge in [0.2, 0.25) is 22.7 Å². The zero-order chi connectivity index (χ0) is 20.3. The van der Waals surface area contributed by atoms with Crippen molar-refractivity contribution in [1.82, 2.24) is 4.31 Å². The molecule has 1 amide bonds. The van der Waals surface area contributed by atoms with Crippen LogP contribution < -0.4 is 14.8 Å². The quantitative estimate of drug-likeness (QED) is 0.750. The number of hydrogen-bond donors (Lipinski definition) is 1. The molecule has 4 rings (SSSR count). The third-order valence-corrected chi connectivity index (χ3v) is 6.95. The standard InChI is InChI=1S/C21H24N2O5S/c24-21(9-7-16-6-8-19-20(13-16)28-15-27-19)22-18-5-3-4-17(12-18)14-29(25,26)23-10-1-2-11-23/h3-6,8,12-13H,1-2,7,9-11,14-15H2,(H,22,24). The number of carbonyl (C=O) groups is 1. The van der Waals surface area contributed by atoms with Crippen molar-refractivity contribution >= 4 is 21.6 Å². The fourth-order valence-electron chi connectivity index (χ4n) is 3.58. The van der Waals surface area contributed by atoms with E-state index < -0.39 is 10.0 Å². The minimum atomic E-state index is -3.31. The summed E-state index contributed by atoms with van der Waals surface area (Å²) in [6.45, 7) is 1.42. The maximum Gasteiger partial charge on any atom is 0.231 e. The summed E-state index contributed by atoms with van der Waals surface area (Å²) in [4.78, 5) is 12.3. The maximum atomic E-state index is 12.5. The van der Waals surface area contributed by atoms with E-state index in [1.54, 1.807) is 28.6 Å². The second-order valence-corrected chi connectivity index (χ2v) is 9.27. The highest BCUT2D eigenvalue weighted by Gasteiger charge is 2.25. The number of rotatable bonds is 7. The molecule has 0 aliphatic carbocycles. The molecule has 0 saturated carbocycles. The number of carbonyl (C=O) groups excluding carboxylic acids is 1. The summed E-state index contributed by atoms with van der Waals surface area (Å²) >= 11 is 0. The molecule has 0 unspecified atom stereocenters. The lowest BCUT2D eigenvalue weighted by atomic mass is 10.1. The van der Waals surface area contributed by atoms with Crippen molar-refractivity contribution < 1.29 is 22.7 Å². The molecule has 0 spiro atoms. The first-order chi connectivity index (χ1) is 14.0. The lowest BCUT2D eigenvalue weighted by molar-refractivity contribution is -0.116. The number of nitrogens with zero attached hydrogens (tertiary/aromatic N) is 1. The number of hydrogen-bond acceptors (Lipinski definition) is 5. The fourth-order valence-corrected chi connectivity index (χ4v) is 5.18. The number of amides is 1. The second-order valence-electron chi connectivity index (χ2n) is 7.30. The number of anilines is 1. The Balaban J connectivity index is 1.33. The van der Waals surface area contributed by atoms with Crippen molar-refractivity contribution in [3.8, 4) is 11.5 Å². The van der Waals surface area contributed by atoms with Crippen LogP contribution in [-0.4, -0.2) is 38.5 Å². The van der Waals surface area contributed by atoms with E-state index in [4.69, 9.17) is 9.47 Å². The van der Waals surface area contributed by atoms with Gasteiger partial charge in [0, 0.05) is 25.2 Å². The predicted octanol–water partition coefficient (Wildman–Crippen LogP) is 2.91. The van der Waals surface area contributed by atoms with Gasteiger partial charge in [-0.1, -0.05) is 18.2 Å². The minimum Gasteiger partial charge on any atom is -0.454 e. The van der Waals surface area contributed by atoms with Gasteiger partial charge in [0.1, 0.15) is 0 Å². The molecular formula is C21H24N2O5S. The van der Waals surface area contributed by atoms with Gasteiger partial charge in [-0.2, -0.15) is 0 Å². The first-order valence-corrected chi connectivity index (χ1v) is 11.4. The summed E-state index contributed by atoms with van der Waals surface area (Å²) in [7, 11) is -3.31. The molecule has 2 aliphatic heterocycles. The van der Waals surface area contributed by atoms with Crippen molar-refractivity contribution in [2.24, 2.45) is 0 Å². The monoisotopic (exact) mass is 416 g/mol. The Labute approximate surface area is 170 Å². The predicted molar refractivity (Wildman–Crippen MR) is 109 cm³/mol. The lowest BCUT2D eigenvalue weighted by Crippen LogP contribution is -2.29. The maximum absolute atomic E-state index is 12.5. The number of sulfonamides is 1. The van der Waals surface area contributed by atoms with Gasteiger partial charge in [-0.25, -0.2) is 12.7 Å². The van der Waals surface area contributed by atoms with Crippen LogP contribution in [-0.2, 0) is 27.0 Å². The molecule has 7 nitrogen and oxygen atoms in total. The normalized spacial score (nSPS) is 16.1. The summed E-state index contributed by atoms with van der Waals surface area (Å²) in [6.07, 6.45) is 2.72. The van der Waals surface area contributed by atoms with Gasteiger partial charge in [-0.05, 0) is 54.7 Å². The lowest BCUT2D eigenvalue weighted by Gasteiger charge is -2.15. The van der Waals surface area contributed by atoms with Crippen LogP contribution in [0.4, 0.5) is 5.69 Å². The van der Waals surface area contributed by atoms with Gasteiger partial charge in [0.15, 0.2) is 11.5 Å². The molecule has 2 aromatic carbocycles. The number of benzene rings is 2. The van der Waals surface area contributed by atoms with E-state index in [0.29, 0.717) is 42.9 Å². The van der Waals surface area contributed by atoms with Crippen LogP contribution in [0.3, 0.4) is 0 Å². The number of nitrogens with one attached hydrogen (secondary N) is 1. The van der Waals surface area contributed by atoms with Crippen LogP contribution >= 0.6 is 0 Å². The molecule has 2 aromatic rings. The van der Waals surface area contributed by atoms with Crippen molar-refractivity contribution in [3.05, 3.63) is 53.6 Å². The van der Waals surface area contributed by atoms with E-state index in [1.165, 1.54) is 0 Å². The van der Waals surface area contributed by atoms with Crippen molar-refractivity contribution in [2.45, 2.75) is 31.4 Å². The molecule has 1 saturated heterocycles. The highest BCUT2D eigenvalue weighted by Crippen LogP contribution is 2.32. The molecule has 8 heteroatoms. The van der Waals surface area contributed by atoms with Gasteiger partial charge in [0.05, 0.1) is 5.75 Å². The topological polar surface area (TPSA) is 84.9 Å². The summed E-state index contributed by atoms with van der Waals surface area (Å²) in [5.74, 6) is 1.25. The van der Waals surface area contributed by atoms with Gasteiger partial charge in [0.25, 0.3) is 0 Å². The van der Waals surface area contributed by atoms with Gasteiger partial charge < -0.3 is 14.8 Å². The van der Waals surface area contributed by atoms with Crippen molar-refractivity contribution in [2.75, 3.05) is 25.2 Å². The van der Waals surface area contributed by atoms with Crippen LogP contribution in [0.25, 0.3) is 0 Å². The number of ether oxygens (including phenoxy) is 2. The summed E-state index contributed by atoms with van der Waals surface area (Å²) in [5.41, 5.74) is 2.27. The Morgan fingerprint density at radius 1 is 1.00 bits per heavy atom. The molecule has 0 bridgehead atoms. The molecule has 154 valence electrons. The first kappa shape index (κ1) is 19.7. The third-order valence-electron chi connectivity index (χ3n) is 5.10. The van der Waals surface area contributed by atoms with Crippen molar-refractivity contribution in [3.63, 3.8) is 0 Å². The Morgan fingerprint density at radius 2 is 1.79 bits per heavy atom. The van der Waals surface area contributed by atoms with Crippen LogP contribution in [0.5, 0.6) is 11.5 Å². The third kappa shape index (κ3) is 4.89. The molecule has 0 radical (unpaired) electrons. The van der Waals surface area contributed by atoms with E-state index in [1.807, 2.05) is 18.2 Å². The molecular weight excluding hydrogens is 392 g/mol. The SMILES string of the molecule is O=C(CCc1ccc2c(c1)OCO2)Nc1cccc(CS(=O)(=O)N2CCCC2)c1. The summed E-state index contributed by atoms with van der Waals surface area (Å²) in [6, 6.07) is 12.7. The zero-order valence-electron chi connectivity index (χ0n) is 16.1. The molecule has 2 heterocycles.